The van der Waals surface area contributed by atoms with Gasteiger partial charge in [0.25, 0.3) is 0 Å². The van der Waals surface area contributed by atoms with E-state index in [0.29, 0.717) is 17.2 Å². The number of halogens is 3. The fourth-order valence-electron chi connectivity index (χ4n) is 1.29. The molecule has 0 saturated carbocycles. The monoisotopic (exact) mass is 249 g/mol. The molecular weight excluding hydrogens is 235 g/mol. The van der Waals surface area contributed by atoms with Crippen LogP contribution in [0.3, 0.4) is 0 Å². The highest BCUT2D eigenvalue weighted by molar-refractivity contribution is 5.59. The van der Waals surface area contributed by atoms with Crippen LogP contribution in [0.1, 0.15) is 6.42 Å². The van der Waals surface area contributed by atoms with Crippen LogP contribution in [0.25, 0.3) is 0 Å². The van der Waals surface area contributed by atoms with E-state index in [-0.39, 0.29) is 6.54 Å². The van der Waals surface area contributed by atoms with Crippen molar-refractivity contribution in [1.82, 2.24) is 0 Å². The third-order valence-electron chi connectivity index (χ3n) is 2.13. The van der Waals surface area contributed by atoms with Gasteiger partial charge in [-0.15, -0.1) is 0 Å². The van der Waals surface area contributed by atoms with E-state index in [4.69, 9.17) is 9.47 Å². The van der Waals surface area contributed by atoms with Crippen LogP contribution in [0.5, 0.6) is 11.5 Å². The van der Waals surface area contributed by atoms with E-state index in [1.165, 1.54) is 14.2 Å². The number of rotatable bonds is 5. The maximum Gasteiger partial charge on any atom is 0.390 e. The van der Waals surface area contributed by atoms with Crippen molar-refractivity contribution in [1.29, 1.82) is 0 Å². The molecule has 0 aliphatic heterocycles. The topological polar surface area (TPSA) is 30.5 Å². The Morgan fingerprint density at radius 2 is 1.88 bits per heavy atom. The zero-order chi connectivity index (χ0) is 12.9. The van der Waals surface area contributed by atoms with Gasteiger partial charge in [-0.2, -0.15) is 13.2 Å². The number of hydrogen-bond acceptors (Lipinski definition) is 3. The lowest BCUT2D eigenvalue weighted by atomic mass is 10.2. The highest BCUT2D eigenvalue weighted by atomic mass is 19.4. The SMILES string of the molecule is COc1ccc(OC)c(NCCC(F)(F)F)c1. The first-order valence-electron chi connectivity index (χ1n) is 4.99. The standard InChI is InChI=1S/C11H14F3NO2/c1-16-8-3-4-10(17-2)9(7-8)15-6-5-11(12,13)14/h3-4,7,15H,5-6H2,1-2H3. The molecule has 3 nitrogen and oxygen atoms in total. The van der Waals surface area contributed by atoms with Gasteiger partial charge < -0.3 is 14.8 Å². The first-order chi connectivity index (χ1) is 7.96. The molecular formula is C11H14F3NO2. The second-order valence-electron chi connectivity index (χ2n) is 3.36. The summed E-state index contributed by atoms with van der Waals surface area (Å²) >= 11 is 0. The van der Waals surface area contributed by atoms with E-state index in [2.05, 4.69) is 5.32 Å². The van der Waals surface area contributed by atoms with Gasteiger partial charge in [0.15, 0.2) is 0 Å². The average molecular weight is 249 g/mol. The molecule has 1 N–H and O–H groups in total. The summed E-state index contributed by atoms with van der Waals surface area (Å²) < 4.78 is 46.0. The van der Waals surface area contributed by atoms with Crippen molar-refractivity contribution >= 4 is 5.69 Å². The van der Waals surface area contributed by atoms with Crippen molar-refractivity contribution in [3.8, 4) is 11.5 Å². The van der Waals surface area contributed by atoms with E-state index in [9.17, 15) is 13.2 Å². The molecule has 0 aliphatic rings. The second-order valence-corrected chi connectivity index (χ2v) is 3.36. The Kier molecular flexibility index (Phi) is 4.48. The van der Waals surface area contributed by atoms with Crippen molar-refractivity contribution in [3.63, 3.8) is 0 Å². The molecule has 96 valence electrons. The number of alkyl halides is 3. The van der Waals surface area contributed by atoms with Crippen molar-refractivity contribution in [2.24, 2.45) is 0 Å². The Hall–Kier alpha value is -1.59. The van der Waals surface area contributed by atoms with Crippen LogP contribution in [0.2, 0.25) is 0 Å². The molecule has 6 heteroatoms. The van der Waals surface area contributed by atoms with Gasteiger partial charge in [0, 0.05) is 12.6 Å². The minimum Gasteiger partial charge on any atom is -0.497 e. The highest BCUT2D eigenvalue weighted by Crippen LogP contribution is 2.29. The van der Waals surface area contributed by atoms with Gasteiger partial charge in [-0.05, 0) is 12.1 Å². The summed E-state index contributed by atoms with van der Waals surface area (Å²) in [4.78, 5) is 0. The van der Waals surface area contributed by atoms with E-state index in [1.54, 1.807) is 18.2 Å². The van der Waals surface area contributed by atoms with Crippen LogP contribution in [0, 0.1) is 0 Å². The smallest absolute Gasteiger partial charge is 0.390 e. The predicted molar refractivity (Wildman–Crippen MR) is 58.7 cm³/mol. The highest BCUT2D eigenvalue weighted by Gasteiger charge is 2.26. The maximum atomic E-state index is 12.0. The molecule has 0 unspecified atom stereocenters. The average Bonchev–Trinajstić information content (AvgIpc) is 2.27. The summed E-state index contributed by atoms with van der Waals surface area (Å²) in [6.07, 6.45) is -5.06. The van der Waals surface area contributed by atoms with Gasteiger partial charge in [-0.25, -0.2) is 0 Å². The molecule has 0 fully saturated rings. The summed E-state index contributed by atoms with van der Waals surface area (Å²) in [6, 6.07) is 4.90. The van der Waals surface area contributed by atoms with Crippen molar-refractivity contribution in [2.75, 3.05) is 26.1 Å². The summed E-state index contributed by atoms with van der Waals surface area (Å²) in [5, 5.41) is 2.67. The number of anilines is 1. The molecule has 1 aromatic carbocycles. The molecule has 0 atom stereocenters. The minimum absolute atomic E-state index is 0.201. The lowest BCUT2D eigenvalue weighted by molar-refractivity contribution is -0.131. The quantitative estimate of drug-likeness (QED) is 0.869. The van der Waals surface area contributed by atoms with E-state index >= 15 is 0 Å². The second kappa shape index (κ2) is 5.65. The number of nitrogens with one attached hydrogen (secondary N) is 1. The Morgan fingerprint density at radius 3 is 2.41 bits per heavy atom. The largest absolute Gasteiger partial charge is 0.497 e. The summed E-state index contributed by atoms with van der Waals surface area (Å²) in [7, 11) is 2.94. The van der Waals surface area contributed by atoms with Crippen molar-refractivity contribution < 1.29 is 22.6 Å². The fraction of sp³-hybridized carbons (Fsp3) is 0.455. The van der Waals surface area contributed by atoms with Gasteiger partial charge in [0.05, 0.1) is 26.3 Å². The zero-order valence-corrected chi connectivity index (χ0v) is 9.60. The van der Waals surface area contributed by atoms with Crippen LogP contribution in [-0.2, 0) is 0 Å². The Balaban J connectivity index is 2.68. The van der Waals surface area contributed by atoms with Crippen LogP contribution in [0.4, 0.5) is 18.9 Å². The summed E-state index contributed by atoms with van der Waals surface area (Å²) in [5.41, 5.74) is 0.483. The number of benzene rings is 1. The Morgan fingerprint density at radius 1 is 1.18 bits per heavy atom. The van der Waals surface area contributed by atoms with Gasteiger partial charge in [-0.3, -0.25) is 0 Å². The molecule has 1 aromatic rings. The zero-order valence-electron chi connectivity index (χ0n) is 9.60. The first kappa shape index (κ1) is 13.5. The van der Waals surface area contributed by atoms with E-state index in [1.807, 2.05) is 0 Å². The lowest BCUT2D eigenvalue weighted by Crippen LogP contribution is -2.14. The van der Waals surface area contributed by atoms with E-state index < -0.39 is 12.6 Å². The molecule has 17 heavy (non-hydrogen) atoms. The molecule has 0 bridgehead atoms. The van der Waals surface area contributed by atoms with Gasteiger partial charge in [-0.1, -0.05) is 0 Å². The van der Waals surface area contributed by atoms with E-state index in [0.717, 1.165) is 0 Å². The first-order valence-corrected chi connectivity index (χ1v) is 4.99. The molecule has 0 heterocycles. The molecule has 0 spiro atoms. The predicted octanol–water partition coefficient (Wildman–Crippen LogP) is 3.07. The van der Waals surface area contributed by atoms with Crippen LogP contribution >= 0.6 is 0 Å². The van der Waals surface area contributed by atoms with Crippen LogP contribution < -0.4 is 14.8 Å². The maximum absolute atomic E-state index is 12.0. The molecule has 1 rings (SSSR count). The lowest BCUT2D eigenvalue weighted by Gasteiger charge is -2.13. The minimum atomic E-state index is -4.17. The number of methoxy groups -OCH3 is 2. The van der Waals surface area contributed by atoms with Gasteiger partial charge in [0.2, 0.25) is 0 Å². The molecule has 0 aliphatic carbocycles. The number of ether oxygens (including phenoxy) is 2. The normalized spacial score (nSPS) is 11.1. The molecule has 0 radical (unpaired) electrons. The summed E-state index contributed by atoms with van der Waals surface area (Å²) in [5.74, 6) is 1.04. The van der Waals surface area contributed by atoms with Gasteiger partial charge in [0.1, 0.15) is 11.5 Å². The third kappa shape index (κ3) is 4.42. The molecule has 0 amide bonds. The van der Waals surface area contributed by atoms with Crippen molar-refractivity contribution in [3.05, 3.63) is 18.2 Å². The molecule has 0 saturated heterocycles. The molecule has 0 aromatic heterocycles. The van der Waals surface area contributed by atoms with Crippen molar-refractivity contribution in [2.45, 2.75) is 12.6 Å². The number of hydrogen-bond donors (Lipinski definition) is 1. The van der Waals surface area contributed by atoms with Crippen LogP contribution in [-0.4, -0.2) is 26.9 Å². The third-order valence-corrected chi connectivity index (χ3v) is 2.13. The Bertz CT molecular complexity index is 366. The summed E-state index contributed by atoms with van der Waals surface area (Å²) in [6.45, 7) is -0.201. The van der Waals surface area contributed by atoms with Crippen LogP contribution in [0.15, 0.2) is 18.2 Å². The fourth-order valence-corrected chi connectivity index (χ4v) is 1.29. The van der Waals surface area contributed by atoms with Gasteiger partial charge >= 0.3 is 6.18 Å². The Labute approximate surface area is 97.5 Å².